The number of nitrogens with zero attached hydrogens (tertiary/aromatic N) is 2. The Morgan fingerprint density at radius 2 is 1.39 bits per heavy atom. The molecule has 0 aromatic rings. The van der Waals surface area contributed by atoms with Gasteiger partial charge in [0, 0.05) is 6.54 Å². The fraction of sp³-hybridized carbons (Fsp3) is 0.938. The molecule has 0 unspecified atom stereocenters. The number of hydrogen-bond acceptors (Lipinski definition) is 2. The molecule has 0 spiro atoms. The second kappa shape index (κ2) is 7.79. The lowest BCUT2D eigenvalue weighted by molar-refractivity contribution is 0.121. The van der Waals surface area contributed by atoms with Crippen molar-refractivity contribution in [1.29, 1.82) is 5.26 Å². The van der Waals surface area contributed by atoms with Crippen LogP contribution in [0.1, 0.15) is 67.2 Å². The molecule has 1 aliphatic heterocycles. The highest BCUT2D eigenvalue weighted by atomic mass is 15.1. The standard InChI is InChI=1S/C12H20N2.2C2H6/c1-11(2)5-7-14(8-6-11)10-12(9-13)3-4-12;2*1-2/h3-8,10H2,1-2H3;2*1-2H3. The van der Waals surface area contributed by atoms with Gasteiger partial charge in [-0.15, -0.1) is 0 Å². The maximum absolute atomic E-state index is 9.01. The molecular weight excluding hydrogens is 220 g/mol. The van der Waals surface area contributed by atoms with Crippen LogP contribution >= 0.6 is 0 Å². The average molecular weight is 252 g/mol. The summed E-state index contributed by atoms with van der Waals surface area (Å²) < 4.78 is 0. The number of hydrogen-bond donors (Lipinski definition) is 0. The summed E-state index contributed by atoms with van der Waals surface area (Å²) >= 11 is 0. The van der Waals surface area contributed by atoms with Crippen LogP contribution in [0.3, 0.4) is 0 Å². The third-order valence-corrected chi connectivity index (χ3v) is 3.83. The van der Waals surface area contributed by atoms with Crippen LogP contribution in [0.4, 0.5) is 0 Å². The normalized spacial score (nSPS) is 23.6. The van der Waals surface area contributed by atoms with Crippen molar-refractivity contribution in [3.8, 4) is 6.07 Å². The van der Waals surface area contributed by atoms with Crippen LogP contribution in [0, 0.1) is 22.2 Å². The number of piperidine rings is 1. The number of likely N-dealkylation sites (tertiary alicyclic amines) is 1. The zero-order valence-corrected chi connectivity index (χ0v) is 13.3. The lowest BCUT2D eigenvalue weighted by atomic mass is 9.82. The molecule has 1 heterocycles. The van der Waals surface area contributed by atoms with Gasteiger partial charge in [-0.25, -0.2) is 0 Å². The average Bonchev–Trinajstić information content (AvgIpc) is 3.17. The van der Waals surface area contributed by atoms with E-state index in [0.717, 1.165) is 19.4 Å². The highest BCUT2D eigenvalue weighted by molar-refractivity contribution is 5.11. The Balaban J connectivity index is 0.000000659. The zero-order valence-electron chi connectivity index (χ0n) is 13.3. The molecule has 18 heavy (non-hydrogen) atoms. The second-order valence-electron chi connectivity index (χ2n) is 5.83. The Bertz CT molecular complexity index is 249. The van der Waals surface area contributed by atoms with E-state index >= 15 is 0 Å². The van der Waals surface area contributed by atoms with Crippen LogP contribution < -0.4 is 0 Å². The van der Waals surface area contributed by atoms with E-state index in [2.05, 4.69) is 24.8 Å². The van der Waals surface area contributed by atoms with Gasteiger partial charge in [0.05, 0.1) is 11.5 Å². The van der Waals surface area contributed by atoms with Gasteiger partial charge in [-0.2, -0.15) is 5.26 Å². The van der Waals surface area contributed by atoms with Crippen LogP contribution in [0.5, 0.6) is 0 Å². The number of rotatable bonds is 2. The van der Waals surface area contributed by atoms with E-state index in [9.17, 15) is 0 Å². The molecule has 0 radical (unpaired) electrons. The molecule has 2 aliphatic rings. The number of nitriles is 1. The summed E-state index contributed by atoms with van der Waals surface area (Å²) in [6.45, 7) is 16.1. The Morgan fingerprint density at radius 1 is 0.944 bits per heavy atom. The van der Waals surface area contributed by atoms with E-state index in [1.54, 1.807) is 0 Å². The minimum Gasteiger partial charge on any atom is -0.302 e. The molecule has 2 rings (SSSR count). The lowest BCUT2D eigenvalue weighted by Crippen LogP contribution is -2.40. The third-order valence-electron chi connectivity index (χ3n) is 3.83. The van der Waals surface area contributed by atoms with Crippen LogP contribution in [-0.4, -0.2) is 24.5 Å². The summed E-state index contributed by atoms with van der Waals surface area (Å²) in [5.74, 6) is 0. The molecule has 0 amide bonds. The molecule has 106 valence electrons. The summed E-state index contributed by atoms with van der Waals surface area (Å²) in [5.41, 5.74) is 0.585. The highest BCUT2D eigenvalue weighted by Crippen LogP contribution is 2.46. The van der Waals surface area contributed by atoms with E-state index in [-0.39, 0.29) is 5.41 Å². The Kier molecular flexibility index (Phi) is 7.55. The fourth-order valence-corrected chi connectivity index (χ4v) is 2.20. The molecule has 0 bridgehead atoms. The maximum Gasteiger partial charge on any atom is 0.0703 e. The monoisotopic (exact) mass is 252 g/mol. The van der Waals surface area contributed by atoms with Crippen LogP contribution in [0.25, 0.3) is 0 Å². The minimum atomic E-state index is 0.0570. The van der Waals surface area contributed by atoms with Gasteiger partial charge in [0.1, 0.15) is 0 Å². The molecule has 1 saturated heterocycles. The minimum absolute atomic E-state index is 0.0570. The Labute approximate surface area is 114 Å². The van der Waals surface area contributed by atoms with Crippen LogP contribution in [0.2, 0.25) is 0 Å². The van der Waals surface area contributed by atoms with Crippen molar-refractivity contribution in [3.63, 3.8) is 0 Å². The first-order valence-corrected chi connectivity index (χ1v) is 7.69. The molecule has 2 nitrogen and oxygen atoms in total. The first kappa shape index (κ1) is 17.4. The van der Waals surface area contributed by atoms with E-state index in [1.807, 2.05) is 27.7 Å². The summed E-state index contributed by atoms with van der Waals surface area (Å²) in [7, 11) is 0. The molecule has 1 aliphatic carbocycles. The zero-order chi connectivity index (χ0) is 14.2. The van der Waals surface area contributed by atoms with Crippen molar-refractivity contribution in [3.05, 3.63) is 0 Å². The molecule has 2 fully saturated rings. The van der Waals surface area contributed by atoms with Gasteiger partial charge in [0.2, 0.25) is 0 Å². The van der Waals surface area contributed by atoms with Gasteiger partial charge >= 0.3 is 0 Å². The summed E-state index contributed by atoms with van der Waals surface area (Å²) in [5, 5.41) is 9.01. The van der Waals surface area contributed by atoms with Crippen molar-refractivity contribution in [2.75, 3.05) is 19.6 Å². The Hall–Kier alpha value is -0.550. The third kappa shape index (κ3) is 5.40. The predicted octanol–water partition coefficient (Wildman–Crippen LogP) is 4.46. The van der Waals surface area contributed by atoms with Gasteiger partial charge in [0.15, 0.2) is 0 Å². The van der Waals surface area contributed by atoms with Crippen LogP contribution in [0.15, 0.2) is 0 Å². The summed E-state index contributed by atoms with van der Waals surface area (Å²) in [4.78, 5) is 2.49. The largest absolute Gasteiger partial charge is 0.302 e. The Morgan fingerprint density at radius 3 is 1.72 bits per heavy atom. The van der Waals surface area contributed by atoms with Crippen molar-refractivity contribution in [2.24, 2.45) is 10.8 Å². The first-order chi connectivity index (χ1) is 8.55. The predicted molar refractivity (Wildman–Crippen MR) is 79.4 cm³/mol. The molecule has 1 saturated carbocycles. The first-order valence-electron chi connectivity index (χ1n) is 7.69. The molecule has 0 aromatic heterocycles. The van der Waals surface area contributed by atoms with Gasteiger partial charge in [-0.1, -0.05) is 41.5 Å². The van der Waals surface area contributed by atoms with Gasteiger partial charge in [-0.3, -0.25) is 0 Å². The second-order valence-corrected chi connectivity index (χ2v) is 5.83. The molecule has 2 heteroatoms. The maximum atomic E-state index is 9.01. The quantitative estimate of drug-likeness (QED) is 0.725. The van der Waals surface area contributed by atoms with Crippen molar-refractivity contribution in [1.82, 2.24) is 4.90 Å². The fourth-order valence-electron chi connectivity index (χ4n) is 2.20. The highest BCUT2D eigenvalue weighted by Gasteiger charge is 2.45. The molecule has 0 N–H and O–H groups in total. The van der Waals surface area contributed by atoms with E-state index in [0.29, 0.717) is 5.41 Å². The van der Waals surface area contributed by atoms with Crippen molar-refractivity contribution < 1.29 is 0 Å². The van der Waals surface area contributed by atoms with E-state index in [1.165, 1.54) is 25.9 Å². The van der Waals surface area contributed by atoms with Crippen molar-refractivity contribution in [2.45, 2.75) is 67.2 Å². The topological polar surface area (TPSA) is 27.0 Å². The molecule has 0 aromatic carbocycles. The smallest absolute Gasteiger partial charge is 0.0703 e. The van der Waals surface area contributed by atoms with Gasteiger partial charge < -0.3 is 4.90 Å². The summed E-state index contributed by atoms with van der Waals surface area (Å²) in [6, 6.07) is 2.48. The summed E-state index contributed by atoms with van der Waals surface area (Å²) in [6.07, 6.45) is 4.83. The van der Waals surface area contributed by atoms with Gasteiger partial charge in [0.25, 0.3) is 0 Å². The lowest BCUT2D eigenvalue weighted by Gasteiger charge is -2.37. The SMILES string of the molecule is CC.CC.CC1(C)CCN(CC2(C#N)CC2)CC1. The van der Waals surface area contributed by atoms with Gasteiger partial charge in [-0.05, 0) is 44.2 Å². The van der Waals surface area contributed by atoms with Crippen LogP contribution in [-0.2, 0) is 0 Å². The van der Waals surface area contributed by atoms with Crippen molar-refractivity contribution >= 4 is 0 Å². The van der Waals surface area contributed by atoms with E-state index < -0.39 is 0 Å². The van der Waals surface area contributed by atoms with E-state index in [4.69, 9.17) is 5.26 Å². The molecular formula is C16H32N2. The molecule has 0 atom stereocenters.